The number of rotatable bonds is 3. The number of aliphatic hydroxyl groups is 1. The van der Waals surface area contributed by atoms with Crippen LogP contribution in [0.4, 0.5) is 0 Å². The van der Waals surface area contributed by atoms with E-state index in [0.717, 1.165) is 38.2 Å². The van der Waals surface area contributed by atoms with Crippen molar-refractivity contribution < 1.29 is 14.6 Å². The van der Waals surface area contributed by atoms with Crippen LogP contribution in [-0.4, -0.2) is 31.0 Å². The van der Waals surface area contributed by atoms with E-state index >= 15 is 0 Å². The van der Waals surface area contributed by atoms with E-state index in [2.05, 4.69) is 6.07 Å². The standard InChI is InChI=1S/C15H20O3/c16-14(12-5-7-17-10-12)9-11-6-8-18-15-4-2-1-3-13(11)15/h1-4,11-12,14,16H,5-10H2. The van der Waals surface area contributed by atoms with Gasteiger partial charge in [0.05, 0.1) is 19.3 Å². The fourth-order valence-corrected chi connectivity index (χ4v) is 3.00. The van der Waals surface area contributed by atoms with E-state index in [1.165, 1.54) is 5.56 Å². The van der Waals surface area contributed by atoms with Gasteiger partial charge in [0.2, 0.25) is 0 Å². The summed E-state index contributed by atoms with van der Waals surface area (Å²) in [5.41, 5.74) is 1.25. The first kappa shape index (κ1) is 12.0. The summed E-state index contributed by atoms with van der Waals surface area (Å²) in [6.45, 7) is 2.27. The maximum absolute atomic E-state index is 10.3. The van der Waals surface area contributed by atoms with Crippen LogP contribution in [0.15, 0.2) is 24.3 Å². The van der Waals surface area contributed by atoms with Crippen LogP contribution in [-0.2, 0) is 4.74 Å². The van der Waals surface area contributed by atoms with Gasteiger partial charge in [-0.1, -0.05) is 18.2 Å². The van der Waals surface area contributed by atoms with Crippen LogP contribution in [0.2, 0.25) is 0 Å². The van der Waals surface area contributed by atoms with Gasteiger partial charge < -0.3 is 14.6 Å². The minimum atomic E-state index is -0.247. The lowest BCUT2D eigenvalue weighted by molar-refractivity contribution is 0.0742. The van der Waals surface area contributed by atoms with Crippen LogP contribution in [0.3, 0.4) is 0 Å². The highest BCUT2D eigenvalue weighted by atomic mass is 16.5. The van der Waals surface area contributed by atoms with Crippen molar-refractivity contribution in [1.29, 1.82) is 0 Å². The summed E-state index contributed by atoms with van der Waals surface area (Å²) in [6.07, 6.45) is 2.57. The minimum absolute atomic E-state index is 0.247. The number of hydrogen-bond donors (Lipinski definition) is 1. The lowest BCUT2D eigenvalue weighted by Gasteiger charge is -2.28. The molecule has 1 fully saturated rings. The number of hydrogen-bond acceptors (Lipinski definition) is 3. The average Bonchev–Trinajstić information content (AvgIpc) is 2.93. The molecule has 0 aliphatic carbocycles. The predicted octanol–water partition coefficient (Wildman–Crippen LogP) is 2.34. The topological polar surface area (TPSA) is 38.7 Å². The molecule has 1 N–H and O–H groups in total. The van der Waals surface area contributed by atoms with Crippen molar-refractivity contribution in [3.8, 4) is 5.75 Å². The number of benzene rings is 1. The van der Waals surface area contributed by atoms with Gasteiger partial charge in [-0.15, -0.1) is 0 Å². The van der Waals surface area contributed by atoms with E-state index in [1.807, 2.05) is 18.2 Å². The molecule has 1 aromatic rings. The fourth-order valence-electron chi connectivity index (χ4n) is 3.00. The van der Waals surface area contributed by atoms with Gasteiger partial charge >= 0.3 is 0 Å². The lowest BCUT2D eigenvalue weighted by Crippen LogP contribution is -2.25. The highest BCUT2D eigenvalue weighted by Gasteiger charge is 2.29. The molecule has 98 valence electrons. The van der Waals surface area contributed by atoms with Crippen LogP contribution < -0.4 is 4.74 Å². The third-order valence-electron chi connectivity index (χ3n) is 4.12. The summed E-state index contributed by atoms with van der Waals surface area (Å²) < 4.78 is 11.0. The first-order chi connectivity index (χ1) is 8.84. The van der Waals surface area contributed by atoms with Crippen molar-refractivity contribution in [1.82, 2.24) is 0 Å². The third-order valence-corrected chi connectivity index (χ3v) is 4.12. The molecule has 3 atom stereocenters. The van der Waals surface area contributed by atoms with Crippen molar-refractivity contribution in [2.75, 3.05) is 19.8 Å². The van der Waals surface area contributed by atoms with Crippen LogP contribution in [0.1, 0.15) is 30.7 Å². The van der Waals surface area contributed by atoms with Crippen LogP contribution in [0.5, 0.6) is 5.75 Å². The molecule has 1 saturated heterocycles. The molecule has 0 aromatic heterocycles. The van der Waals surface area contributed by atoms with Crippen LogP contribution in [0.25, 0.3) is 0 Å². The summed E-state index contributed by atoms with van der Waals surface area (Å²) in [5.74, 6) is 1.73. The van der Waals surface area contributed by atoms with Gasteiger partial charge in [0.25, 0.3) is 0 Å². The van der Waals surface area contributed by atoms with Gasteiger partial charge in [0.1, 0.15) is 5.75 Å². The second-order valence-electron chi connectivity index (χ2n) is 5.30. The molecule has 0 saturated carbocycles. The summed E-state index contributed by atoms with van der Waals surface area (Å²) in [4.78, 5) is 0. The molecule has 3 nitrogen and oxygen atoms in total. The number of fused-ring (bicyclic) bond motifs is 1. The highest BCUT2D eigenvalue weighted by molar-refractivity contribution is 5.37. The first-order valence-corrected chi connectivity index (χ1v) is 6.82. The zero-order chi connectivity index (χ0) is 12.4. The maximum atomic E-state index is 10.3. The van der Waals surface area contributed by atoms with E-state index in [4.69, 9.17) is 9.47 Å². The van der Waals surface area contributed by atoms with Gasteiger partial charge in [-0.2, -0.15) is 0 Å². The molecule has 2 heterocycles. The third kappa shape index (κ3) is 2.38. The van der Waals surface area contributed by atoms with Gasteiger partial charge in [-0.25, -0.2) is 0 Å². The SMILES string of the molecule is OC(CC1CCOc2ccccc21)C1CCOC1. The number of para-hydroxylation sites is 1. The molecule has 2 aliphatic rings. The van der Waals surface area contributed by atoms with Crippen molar-refractivity contribution >= 4 is 0 Å². The quantitative estimate of drug-likeness (QED) is 0.892. The predicted molar refractivity (Wildman–Crippen MR) is 68.8 cm³/mol. The molecule has 1 aromatic carbocycles. The van der Waals surface area contributed by atoms with Gasteiger partial charge in [0, 0.05) is 12.5 Å². The van der Waals surface area contributed by atoms with E-state index in [9.17, 15) is 5.11 Å². The Morgan fingerprint density at radius 1 is 1.22 bits per heavy atom. The monoisotopic (exact) mass is 248 g/mol. The second-order valence-corrected chi connectivity index (χ2v) is 5.30. The van der Waals surface area contributed by atoms with E-state index < -0.39 is 0 Å². The molecule has 0 spiro atoms. The molecule has 2 aliphatic heterocycles. The smallest absolute Gasteiger partial charge is 0.122 e. The Bertz CT molecular complexity index is 398. The number of aliphatic hydroxyl groups excluding tert-OH is 1. The zero-order valence-corrected chi connectivity index (χ0v) is 10.5. The normalized spacial score (nSPS) is 28.5. The lowest BCUT2D eigenvalue weighted by atomic mass is 9.84. The van der Waals surface area contributed by atoms with Gasteiger partial charge in [0.15, 0.2) is 0 Å². The Hall–Kier alpha value is -1.06. The van der Waals surface area contributed by atoms with Crippen molar-refractivity contribution in [3.05, 3.63) is 29.8 Å². The Kier molecular flexibility index (Phi) is 3.52. The molecule has 3 unspecified atom stereocenters. The zero-order valence-electron chi connectivity index (χ0n) is 10.5. The van der Waals surface area contributed by atoms with E-state index in [1.54, 1.807) is 0 Å². The van der Waals surface area contributed by atoms with E-state index in [0.29, 0.717) is 18.4 Å². The van der Waals surface area contributed by atoms with Gasteiger partial charge in [-0.3, -0.25) is 0 Å². The first-order valence-electron chi connectivity index (χ1n) is 6.82. The molecule has 3 rings (SSSR count). The summed E-state index contributed by atoms with van der Waals surface area (Å²) in [7, 11) is 0. The molecular formula is C15H20O3. The molecule has 0 amide bonds. The summed E-state index contributed by atoms with van der Waals surface area (Å²) in [5, 5.41) is 10.3. The summed E-state index contributed by atoms with van der Waals surface area (Å²) >= 11 is 0. The highest BCUT2D eigenvalue weighted by Crippen LogP contribution is 2.37. The van der Waals surface area contributed by atoms with E-state index in [-0.39, 0.29) is 6.10 Å². The largest absolute Gasteiger partial charge is 0.493 e. The van der Waals surface area contributed by atoms with Crippen molar-refractivity contribution in [2.45, 2.75) is 31.3 Å². The van der Waals surface area contributed by atoms with Crippen LogP contribution >= 0.6 is 0 Å². The Balaban J connectivity index is 1.70. The Morgan fingerprint density at radius 3 is 2.94 bits per heavy atom. The molecule has 3 heteroatoms. The van der Waals surface area contributed by atoms with Crippen molar-refractivity contribution in [2.24, 2.45) is 5.92 Å². The minimum Gasteiger partial charge on any atom is -0.493 e. The maximum Gasteiger partial charge on any atom is 0.122 e. The van der Waals surface area contributed by atoms with Crippen LogP contribution in [0, 0.1) is 5.92 Å². The Morgan fingerprint density at radius 2 is 2.11 bits per heavy atom. The Labute approximate surface area is 108 Å². The fraction of sp³-hybridized carbons (Fsp3) is 0.600. The number of ether oxygens (including phenoxy) is 2. The molecule has 18 heavy (non-hydrogen) atoms. The second kappa shape index (κ2) is 5.29. The average molecular weight is 248 g/mol. The van der Waals surface area contributed by atoms with Crippen molar-refractivity contribution in [3.63, 3.8) is 0 Å². The molecule has 0 radical (unpaired) electrons. The summed E-state index contributed by atoms with van der Waals surface area (Å²) in [6, 6.07) is 8.19. The molecular weight excluding hydrogens is 228 g/mol. The van der Waals surface area contributed by atoms with Gasteiger partial charge in [-0.05, 0) is 36.8 Å². The molecule has 0 bridgehead atoms.